The molecular weight excluding hydrogens is 370 g/mol. The van der Waals surface area contributed by atoms with Gasteiger partial charge < -0.3 is 10.2 Å². The van der Waals surface area contributed by atoms with Crippen molar-refractivity contribution < 1.29 is 4.79 Å². The van der Waals surface area contributed by atoms with Crippen LogP contribution in [0.3, 0.4) is 0 Å². The zero-order valence-corrected chi connectivity index (χ0v) is 17.0. The molecule has 148 valence electrons. The monoisotopic (exact) mass is 397 g/mol. The van der Waals surface area contributed by atoms with E-state index in [-0.39, 0.29) is 5.41 Å². The molecule has 28 heavy (non-hydrogen) atoms. The van der Waals surface area contributed by atoms with Crippen LogP contribution >= 0.6 is 11.6 Å². The van der Waals surface area contributed by atoms with Crippen molar-refractivity contribution in [2.75, 3.05) is 45.8 Å². The highest BCUT2D eigenvalue weighted by Crippen LogP contribution is 2.31. The minimum absolute atomic E-state index is 0.292. The summed E-state index contributed by atoms with van der Waals surface area (Å²) in [6.45, 7) is 6.17. The molecule has 0 atom stereocenters. The van der Waals surface area contributed by atoms with Gasteiger partial charge in [-0.2, -0.15) is 0 Å². The lowest BCUT2D eigenvalue weighted by Gasteiger charge is -2.46. The summed E-state index contributed by atoms with van der Waals surface area (Å²) in [6.07, 6.45) is 1.85. The van der Waals surface area contributed by atoms with Gasteiger partial charge in [0.25, 0.3) is 0 Å². The van der Waals surface area contributed by atoms with Crippen LogP contribution in [0.25, 0.3) is 0 Å². The predicted octanol–water partition coefficient (Wildman–Crippen LogP) is 2.86. The summed E-state index contributed by atoms with van der Waals surface area (Å²) in [5, 5.41) is 4.06. The van der Waals surface area contributed by atoms with E-state index in [4.69, 9.17) is 11.6 Å². The number of hydrogen-bond donors (Lipinski definition) is 1. The Balaban J connectivity index is 1.30. The van der Waals surface area contributed by atoms with Crippen molar-refractivity contribution in [1.82, 2.24) is 15.1 Å². The molecule has 5 heteroatoms. The molecule has 0 bridgehead atoms. The number of benzene rings is 2. The van der Waals surface area contributed by atoms with Gasteiger partial charge in [0, 0.05) is 50.8 Å². The second-order valence-corrected chi connectivity index (χ2v) is 8.49. The predicted molar refractivity (Wildman–Crippen MR) is 114 cm³/mol. The van der Waals surface area contributed by atoms with Crippen LogP contribution in [0.15, 0.2) is 54.6 Å². The number of carbonyl (C=O) groups excluding carboxylic acids is 1. The van der Waals surface area contributed by atoms with Crippen LogP contribution in [0.2, 0.25) is 5.02 Å². The van der Waals surface area contributed by atoms with Crippen molar-refractivity contribution in [3.8, 4) is 0 Å². The van der Waals surface area contributed by atoms with Gasteiger partial charge in [0.05, 0.1) is 5.41 Å². The first kappa shape index (κ1) is 19.4. The number of rotatable bonds is 6. The van der Waals surface area contributed by atoms with Crippen LogP contribution in [0, 0.1) is 5.41 Å². The molecule has 0 spiro atoms. The third-order valence-electron chi connectivity index (χ3n) is 6.06. The molecule has 4 nitrogen and oxygen atoms in total. The van der Waals surface area contributed by atoms with Crippen molar-refractivity contribution >= 4 is 17.5 Å². The molecule has 2 aliphatic rings. The van der Waals surface area contributed by atoms with E-state index >= 15 is 0 Å². The van der Waals surface area contributed by atoms with E-state index in [1.807, 2.05) is 24.3 Å². The quantitative estimate of drug-likeness (QED) is 0.814. The largest absolute Gasteiger partial charge is 0.340 e. The Morgan fingerprint density at radius 3 is 2.21 bits per heavy atom. The Bertz CT molecular complexity index is 781. The molecule has 1 amide bonds. The Morgan fingerprint density at radius 2 is 1.61 bits per heavy atom. The summed E-state index contributed by atoms with van der Waals surface area (Å²) in [6, 6.07) is 18.5. The van der Waals surface area contributed by atoms with E-state index in [0.29, 0.717) is 5.91 Å². The maximum Gasteiger partial charge on any atom is 0.231 e. The van der Waals surface area contributed by atoms with Gasteiger partial charge in [0.15, 0.2) is 0 Å². The van der Waals surface area contributed by atoms with Crippen LogP contribution < -0.4 is 5.32 Å². The summed E-state index contributed by atoms with van der Waals surface area (Å²) in [4.78, 5) is 17.9. The van der Waals surface area contributed by atoms with Crippen molar-refractivity contribution in [1.29, 1.82) is 0 Å². The molecule has 0 radical (unpaired) electrons. The average Bonchev–Trinajstić information content (AvgIpc) is 2.71. The SMILES string of the molecule is O=C(N1CCN(CCc2ccccc2)CC1)C1(Cc2ccc(Cl)cc2)CNC1. The average molecular weight is 398 g/mol. The van der Waals surface area contributed by atoms with Gasteiger partial charge in [-0.3, -0.25) is 9.69 Å². The molecule has 1 N–H and O–H groups in total. The maximum atomic E-state index is 13.3. The molecule has 2 heterocycles. The van der Waals surface area contributed by atoms with Crippen molar-refractivity contribution in [2.24, 2.45) is 5.41 Å². The van der Waals surface area contributed by atoms with E-state index in [2.05, 4.69) is 45.4 Å². The van der Waals surface area contributed by atoms with Crippen LogP contribution in [0.5, 0.6) is 0 Å². The van der Waals surface area contributed by atoms with Gasteiger partial charge in [0.1, 0.15) is 0 Å². The fourth-order valence-electron chi connectivity index (χ4n) is 4.21. The van der Waals surface area contributed by atoms with E-state index in [0.717, 1.165) is 63.7 Å². The minimum atomic E-state index is -0.292. The smallest absolute Gasteiger partial charge is 0.231 e. The molecule has 0 saturated carbocycles. The molecule has 2 fully saturated rings. The van der Waals surface area contributed by atoms with Gasteiger partial charge in [-0.15, -0.1) is 0 Å². The molecule has 0 unspecified atom stereocenters. The normalized spacial score (nSPS) is 19.2. The Labute approximate surface area is 172 Å². The van der Waals surface area contributed by atoms with Gasteiger partial charge >= 0.3 is 0 Å². The van der Waals surface area contributed by atoms with E-state index in [1.54, 1.807) is 0 Å². The van der Waals surface area contributed by atoms with Crippen molar-refractivity contribution in [2.45, 2.75) is 12.8 Å². The zero-order valence-electron chi connectivity index (χ0n) is 16.2. The lowest BCUT2D eigenvalue weighted by atomic mass is 9.75. The fourth-order valence-corrected chi connectivity index (χ4v) is 4.34. The second kappa shape index (κ2) is 8.64. The molecule has 2 aliphatic heterocycles. The maximum absolute atomic E-state index is 13.3. The van der Waals surface area contributed by atoms with Crippen LogP contribution in [0.4, 0.5) is 0 Å². The highest BCUT2D eigenvalue weighted by atomic mass is 35.5. The summed E-state index contributed by atoms with van der Waals surface area (Å²) in [7, 11) is 0. The Kier molecular flexibility index (Phi) is 6.00. The van der Waals surface area contributed by atoms with Crippen molar-refractivity contribution in [3.05, 3.63) is 70.7 Å². The molecule has 0 aliphatic carbocycles. The van der Waals surface area contributed by atoms with E-state index < -0.39 is 0 Å². The Morgan fingerprint density at radius 1 is 0.929 bits per heavy atom. The van der Waals surface area contributed by atoms with E-state index in [1.165, 1.54) is 11.1 Å². The summed E-state index contributed by atoms with van der Waals surface area (Å²) < 4.78 is 0. The van der Waals surface area contributed by atoms with Crippen LogP contribution in [-0.2, 0) is 17.6 Å². The highest BCUT2D eigenvalue weighted by Gasteiger charge is 2.46. The van der Waals surface area contributed by atoms with Gasteiger partial charge in [0.2, 0.25) is 5.91 Å². The topological polar surface area (TPSA) is 35.6 Å². The summed E-state index contributed by atoms with van der Waals surface area (Å²) in [5.41, 5.74) is 2.27. The molecule has 4 rings (SSSR count). The van der Waals surface area contributed by atoms with Crippen LogP contribution in [0.1, 0.15) is 11.1 Å². The zero-order chi connectivity index (χ0) is 19.4. The fraction of sp³-hybridized carbons (Fsp3) is 0.435. The lowest BCUT2D eigenvalue weighted by Crippen LogP contribution is -2.65. The lowest BCUT2D eigenvalue weighted by molar-refractivity contribution is -0.147. The molecule has 2 saturated heterocycles. The van der Waals surface area contributed by atoms with Gasteiger partial charge in [-0.1, -0.05) is 54.1 Å². The number of amides is 1. The van der Waals surface area contributed by atoms with Crippen LogP contribution in [-0.4, -0.2) is 61.5 Å². The number of piperazine rings is 1. The molecule has 2 aromatic rings. The standard InChI is InChI=1S/C23H28ClN3O/c24-21-8-6-20(7-9-21)16-23(17-25-18-23)22(28)27-14-12-26(13-15-27)11-10-19-4-2-1-3-5-19/h1-9,25H,10-18H2. The number of halogens is 1. The Hall–Kier alpha value is -1.88. The third kappa shape index (κ3) is 4.40. The first-order chi connectivity index (χ1) is 13.6. The molecule has 0 aromatic heterocycles. The second-order valence-electron chi connectivity index (χ2n) is 8.06. The number of hydrogen-bond acceptors (Lipinski definition) is 3. The highest BCUT2D eigenvalue weighted by molar-refractivity contribution is 6.30. The number of nitrogens with zero attached hydrogens (tertiary/aromatic N) is 2. The van der Waals surface area contributed by atoms with Gasteiger partial charge in [-0.05, 0) is 36.1 Å². The first-order valence-corrected chi connectivity index (χ1v) is 10.5. The summed E-state index contributed by atoms with van der Waals surface area (Å²) >= 11 is 6.00. The first-order valence-electron chi connectivity index (χ1n) is 10.2. The van der Waals surface area contributed by atoms with Crippen molar-refractivity contribution in [3.63, 3.8) is 0 Å². The number of carbonyl (C=O) groups is 1. The summed E-state index contributed by atoms with van der Waals surface area (Å²) in [5.74, 6) is 0.309. The molecular formula is C23H28ClN3O. The molecule has 2 aromatic carbocycles. The number of nitrogens with one attached hydrogen (secondary N) is 1. The van der Waals surface area contributed by atoms with E-state index in [9.17, 15) is 4.79 Å². The van der Waals surface area contributed by atoms with Gasteiger partial charge in [-0.25, -0.2) is 0 Å². The third-order valence-corrected chi connectivity index (χ3v) is 6.31. The minimum Gasteiger partial charge on any atom is -0.340 e.